The summed E-state index contributed by atoms with van der Waals surface area (Å²) >= 11 is 0. The summed E-state index contributed by atoms with van der Waals surface area (Å²) in [4.78, 5) is 38.7. The Balaban J connectivity index is 1.90. The smallest absolute Gasteiger partial charge is 0.306 e. The van der Waals surface area contributed by atoms with Gasteiger partial charge in [-0.05, 0) is 30.4 Å². The van der Waals surface area contributed by atoms with Gasteiger partial charge in [-0.15, -0.1) is 13.2 Å². The maximum atomic E-state index is 13.0. The molecule has 168 valence electrons. The number of amides is 2. The number of hydrogen-bond donors (Lipinski definition) is 2. The number of nitrogens with one attached hydrogen (secondary N) is 1. The van der Waals surface area contributed by atoms with Gasteiger partial charge in [0.15, 0.2) is 0 Å². The van der Waals surface area contributed by atoms with Crippen molar-refractivity contribution in [2.75, 3.05) is 19.8 Å². The number of ether oxygens (including phenoxy) is 1. The molecule has 0 bridgehead atoms. The van der Waals surface area contributed by atoms with Gasteiger partial charge in [0.05, 0.1) is 25.1 Å². The molecule has 1 aromatic carbocycles. The molecule has 1 aromatic rings. The molecule has 1 aliphatic rings. The SMILES string of the molecule is C=CCCC(=O)OCCNC(=O)[C@H](CC=C)CC(=O)N1Cc2ccccc2C[C@H]1CO. The lowest BCUT2D eigenvalue weighted by molar-refractivity contribution is -0.144. The number of hydrogen-bond acceptors (Lipinski definition) is 5. The van der Waals surface area contributed by atoms with Crippen LogP contribution in [0.4, 0.5) is 0 Å². The third-order valence-electron chi connectivity index (χ3n) is 5.35. The Hall–Kier alpha value is -2.93. The van der Waals surface area contributed by atoms with Crippen molar-refractivity contribution in [2.24, 2.45) is 5.92 Å². The van der Waals surface area contributed by atoms with E-state index in [0.717, 1.165) is 11.1 Å². The van der Waals surface area contributed by atoms with Crippen molar-refractivity contribution >= 4 is 17.8 Å². The number of aliphatic hydroxyl groups is 1. The molecule has 2 N–H and O–H groups in total. The predicted molar refractivity (Wildman–Crippen MR) is 118 cm³/mol. The molecule has 1 heterocycles. The van der Waals surface area contributed by atoms with Gasteiger partial charge in [0.1, 0.15) is 6.61 Å². The summed E-state index contributed by atoms with van der Waals surface area (Å²) < 4.78 is 5.05. The van der Waals surface area contributed by atoms with Crippen molar-refractivity contribution in [3.63, 3.8) is 0 Å². The van der Waals surface area contributed by atoms with Crippen molar-refractivity contribution in [2.45, 2.75) is 44.7 Å². The number of nitrogens with zero attached hydrogens (tertiary/aromatic N) is 1. The van der Waals surface area contributed by atoms with Crippen molar-refractivity contribution in [1.82, 2.24) is 10.2 Å². The van der Waals surface area contributed by atoms with Gasteiger partial charge in [-0.25, -0.2) is 0 Å². The van der Waals surface area contributed by atoms with E-state index in [1.165, 1.54) is 0 Å². The Bertz CT molecular complexity index is 792. The summed E-state index contributed by atoms with van der Waals surface area (Å²) in [5, 5.41) is 12.5. The highest BCUT2D eigenvalue weighted by molar-refractivity contribution is 5.86. The molecule has 2 atom stereocenters. The molecular weight excluding hydrogens is 396 g/mol. The van der Waals surface area contributed by atoms with Crippen molar-refractivity contribution in [1.29, 1.82) is 0 Å². The largest absolute Gasteiger partial charge is 0.464 e. The first-order valence-corrected chi connectivity index (χ1v) is 10.6. The summed E-state index contributed by atoms with van der Waals surface area (Å²) in [5.74, 6) is -1.37. The summed E-state index contributed by atoms with van der Waals surface area (Å²) in [6, 6.07) is 7.57. The molecule has 0 radical (unpaired) electrons. The Morgan fingerprint density at radius 3 is 2.65 bits per heavy atom. The van der Waals surface area contributed by atoms with E-state index in [0.29, 0.717) is 25.8 Å². The van der Waals surface area contributed by atoms with Crippen molar-refractivity contribution in [3.05, 3.63) is 60.7 Å². The van der Waals surface area contributed by atoms with Crippen LogP contribution < -0.4 is 5.32 Å². The van der Waals surface area contributed by atoms with Gasteiger partial charge < -0.3 is 20.1 Å². The van der Waals surface area contributed by atoms with Crippen molar-refractivity contribution < 1.29 is 24.2 Å². The molecule has 1 aliphatic heterocycles. The number of aliphatic hydroxyl groups excluding tert-OH is 1. The first kappa shape index (κ1) is 24.3. The quantitative estimate of drug-likeness (QED) is 0.302. The van der Waals surface area contributed by atoms with E-state index >= 15 is 0 Å². The van der Waals surface area contributed by atoms with E-state index in [1.807, 2.05) is 24.3 Å². The van der Waals surface area contributed by atoms with Crippen LogP contribution in [0.3, 0.4) is 0 Å². The first-order valence-electron chi connectivity index (χ1n) is 10.6. The zero-order chi connectivity index (χ0) is 22.6. The Kier molecular flexibility index (Phi) is 9.97. The number of carbonyl (C=O) groups excluding carboxylic acids is 3. The van der Waals surface area contributed by atoms with Crippen LogP contribution in [0.25, 0.3) is 0 Å². The van der Waals surface area contributed by atoms with Gasteiger partial charge in [0.2, 0.25) is 11.8 Å². The molecule has 0 aromatic heterocycles. The van der Waals surface area contributed by atoms with Gasteiger partial charge in [0, 0.05) is 19.4 Å². The number of allylic oxidation sites excluding steroid dienone is 2. The van der Waals surface area contributed by atoms with E-state index in [9.17, 15) is 19.5 Å². The molecule has 0 saturated heterocycles. The fourth-order valence-electron chi connectivity index (χ4n) is 3.63. The Morgan fingerprint density at radius 1 is 1.23 bits per heavy atom. The molecular formula is C24H32N2O5. The summed E-state index contributed by atoms with van der Waals surface area (Å²) in [6.07, 6.45) is 5.03. The van der Waals surface area contributed by atoms with E-state index in [2.05, 4.69) is 18.5 Å². The van der Waals surface area contributed by atoms with Gasteiger partial charge in [0.25, 0.3) is 0 Å². The minimum Gasteiger partial charge on any atom is -0.464 e. The lowest BCUT2D eigenvalue weighted by Gasteiger charge is -2.36. The third-order valence-corrected chi connectivity index (χ3v) is 5.35. The molecule has 2 rings (SSSR count). The number of esters is 1. The van der Waals surface area contributed by atoms with Gasteiger partial charge in [-0.2, -0.15) is 0 Å². The third kappa shape index (κ3) is 7.36. The van der Waals surface area contributed by atoms with Crippen LogP contribution in [0.2, 0.25) is 0 Å². The zero-order valence-electron chi connectivity index (χ0n) is 17.9. The second-order valence-electron chi connectivity index (χ2n) is 7.60. The maximum absolute atomic E-state index is 13.0. The van der Waals surface area contributed by atoms with Crippen LogP contribution in [0.15, 0.2) is 49.6 Å². The van der Waals surface area contributed by atoms with Crippen LogP contribution in [0, 0.1) is 5.92 Å². The van der Waals surface area contributed by atoms with Gasteiger partial charge in [-0.1, -0.05) is 36.4 Å². The van der Waals surface area contributed by atoms with Crippen LogP contribution in [-0.2, 0) is 32.1 Å². The molecule has 7 nitrogen and oxygen atoms in total. The average molecular weight is 429 g/mol. The molecule has 0 spiro atoms. The Morgan fingerprint density at radius 2 is 1.97 bits per heavy atom. The number of benzene rings is 1. The fourth-order valence-corrected chi connectivity index (χ4v) is 3.63. The van der Waals surface area contributed by atoms with Crippen LogP contribution in [0.1, 0.15) is 36.8 Å². The maximum Gasteiger partial charge on any atom is 0.306 e. The average Bonchev–Trinajstić information content (AvgIpc) is 2.78. The lowest BCUT2D eigenvalue weighted by atomic mass is 9.92. The van der Waals surface area contributed by atoms with Crippen LogP contribution in [0.5, 0.6) is 0 Å². The second kappa shape index (κ2) is 12.7. The zero-order valence-corrected chi connectivity index (χ0v) is 17.9. The summed E-state index contributed by atoms with van der Waals surface area (Å²) in [6.45, 7) is 7.78. The highest BCUT2D eigenvalue weighted by Crippen LogP contribution is 2.25. The highest BCUT2D eigenvalue weighted by atomic mass is 16.5. The minimum atomic E-state index is -0.571. The summed E-state index contributed by atoms with van der Waals surface area (Å²) in [5.41, 5.74) is 2.19. The topological polar surface area (TPSA) is 95.9 Å². The van der Waals surface area contributed by atoms with Crippen LogP contribution in [-0.4, -0.2) is 53.6 Å². The van der Waals surface area contributed by atoms with E-state index in [1.54, 1.807) is 17.1 Å². The van der Waals surface area contributed by atoms with E-state index < -0.39 is 5.92 Å². The molecule has 0 fully saturated rings. The standard InChI is InChI=1S/C24H32N2O5/c1-3-5-11-23(29)31-13-12-25-24(30)19(8-4-2)15-22(28)26-16-20-10-7-6-9-18(20)14-21(26)17-27/h3-4,6-7,9-10,19,21,27H,1-2,5,8,11-17H2,(H,25,30)/t19-,21+/m1/s1. The molecule has 2 amide bonds. The number of fused-ring (bicyclic) bond motifs is 1. The molecule has 0 unspecified atom stereocenters. The normalized spacial score (nSPS) is 16.0. The summed E-state index contributed by atoms with van der Waals surface area (Å²) in [7, 11) is 0. The highest BCUT2D eigenvalue weighted by Gasteiger charge is 2.31. The first-order chi connectivity index (χ1) is 15.0. The molecule has 0 aliphatic carbocycles. The second-order valence-corrected chi connectivity index (χ2v) is 7.60. The molecule has 0 saturated carbocycles. The molecule has 7 heteroatoms. The van der Waals surface area contributed by atoms with Gasteiger partial charge in [-0.3, -0.25) is 14.4 Å². The number of rotatable bonds is 12. The number of carbonyl (C=O) groups is 3. The van der Waals surface area contributed by atoms with E-state index in [-0.39, 0.29) is 56.4 Å². The van der Waals surface area contributed by atoms with E-state index in [4.69, 9.17) is 4.74 Å². The Labute approximate surface area is 183 Å². The van der Waals surface area contributed by atoms with Gasteiger partial charge >= 0.3 is 5.97 Å². The minimum absolute atomic E-state index is 0.0235. The monoisotopic (exact) mass is 428 g/mol. The predicted octanol–water partition coefficient (Wildman–Crippen LogP) is 2.14. The van der Waals surface area contributed by atoms with Crippen LogP contribution >= 0.6 is 0 Å². The lowest BCUT2D eigenvalue weighted by Crippen LogP contribution is -2.47. The fraction of sp³-hybridized carbons (Fsp3) is 0.458. The van der Waals surface area contributed by atoms with Crippen molar-refractivity contribution in [3.8, 4) is 0 Å². The molecule has 31 heavy (non-hydrogen) atoms.